The molecule has 2 aliphatic heterocycles. The first-order valence-electron chi connectivity index (χ1n) is 9.96. The average molecular weight is 446 g/mol. The smallest absolute Gasteiger partial charge is 0.410 e. The maximum Gasteiger partial charge on any atom is 0.410 e. The number of nitrogens with one attached hydrogen (secondary N) is 1. The van der Waals surface area contributed by atoms with E-state index >= 15 is 0 Å². The standard InChI is InChI=1S/C21H22N2O7S/c1-3-27-20(25)17-13-7-8-23(21(26)28-4-2)10-16(13)31-19(17)22-18(24)12-5-6-14-15(9-12)30-11-29-14/h5-6,9H,3-4,7-8,10-11H2,1-2H3,(H,22,24). The van der Waals surface area contributed by atoms with Crippen LogP contribution in [-0.2, 0) is 22.4 Å². The molecule has 2 aliphatic rings. The normalized spacial score (nSPS) is 14.1. The summed E-state index contributed by atoms with van der Waals surface area (Å²) in [5.41, 5.74) is 1.52. The summed E-state index contributed by atoms with van der Waals surface area (Å²) in [5.74, 6) is 0.193. The van der Waals surface area contributed by atoms with Crippen molar-refractivity contribution in [3.63, 3.8) is 0 Å². The van der Waals surface area contributed by atoms with Gasteiger partial charge < -0.3 is 29.2 Å². The summed E-state index contributed by atoms with van der Waals surface area (Å²) in [7, 11) is 0. The van der Waals surface area contributed by atoms with Crippen LogP contribution >= 0.6 is 11.3 Å². The minimum atomic E-state index is -0.495. The fourth-order valence-electron chi connectivity index (χ4n) is 3.49. The number of fused-ring (bicyclic) bond motifs is 2. The number of hydrogen-bond donors (Lipinski definition) is 1. The number of carbonyl (C=O) groups excluding carboxylic acids is 3. The zero-order valence-corrected chi connectivity index (χ0v) is 18.0. The van der Waals surface area contributed by atoms with Crippen molar-refractivity contribution in [2.24, 2.45) is 0 Å². The molecule has 3 heterocycles. The molecule has 0 fully saturated rings. The van der Waals surface area contributed by atoms with E-state index in [-0.39, 0.29) is 25.9 Å². The highest BCUT2D eigenvalue weighted by Crippen LogP contribution is 2.38. The highest BCUT2D eigenvalue weighted by atomic mass is 32.1. The van der Waals surface area contributed by atoms with Crippen LogP contribution in [0.3, 0.4) is 0 Å². The number of rotatable bonds is 5. The number of anilines is 1. The van der Waals surface area contributed by atoms with Crippen LogP contribution in [0, 0.1) is 0 Å². The van der Waals surface area contributed by atoms with Gasteiger partial charge in [-0.1, -0.05) is 0 Å². The molecule has 0 bridgehead atoms. The van der Waals surface area contributed by atoms with Gasteiger partial charge in [-0.3, -0.25) is 4.79 Å². The zero-order chi connectivity index (χ0) is 22.0. The van der Waals surface area contributed by atoms with E-state index in [0.717, 1.165) is 10.4 Å². The van der Waals surface area contributed by atoms with E-state index in [1.54, 1.807) is 36.9 Å². The van der Waals surface area contributed by atoms with Crippen molar-refractivity contribution in [3.8, 4) is 11.5 Å². The van der Waals surface area contributed by atoms with Crippen LogP contribution in [-0.4, -0.2) is 49.4 Å². The molecule has 4 rings (SSSR count). The molecule has 9 nitrogen and oxygen atoms in total. The van der Waals surface area contributed by atoms with Crippen LogP contribution in [0.25, 0.3) is 0 Å². The molecule has 0 saturated heterocycles. The number of nitrogens with zero attached hydrogens (tertiary/aromatic N) is 1. The van der Waals surface area contributed by atoms with Gasteiger partial charge in [0.2, 0.25) is 6.79 Å². The first-order valence-corrected chi connectivity index (χ1v) is 10.8. The van der Waals surface area contributed by atoms with Gasteiger partial charge in [0, 0.05) is 17.0 Å². The Kier molecular flexibility index (Phi) is 5.99. The third-order valence-corrected chi connectivity index (χ3v) is 6.06. The van der Waals surface area contributed by atoms with Gasteiger partial charge in [0.05, 0.1) is 25.3 Å². The second kappa shape index (κ2) is 8.84. The molecule has 0 unspecified atom stereocenters. The van der Waals surface area contributed by atoms with Gasteiger partial charge in [0.25, 0.3) is 5.91 Å². The summed E-state index contributed by atoms with van der Waals surface area (Å²) < 4.78 is 20.9. The Hall–Kier alpha value is -3.27. The predicted octanol–water partition coefficient (Wildman–Crippen LogP) is 3.42. The number of esters is 1. The quantitative estimate of drug-likeness (QED) is 0.702. The molecule has 2 aromatic rings. The van der Waals surface area contributed by atoms with Crippen LogP contribution in [0.1, 0.15) is 45.0 Å². The van der Waals surface area contributed by atoms with Crippen molar-refractivity contribution in [2.45, 2.75) is 26.8 Å². The summed E-state index contributed by atoms with van der Waals surface area (Å²) in [5, 5.41) is 3.23. The Balaban J connectivity index is 1.61. The predicted molar refractivity (Wildman–Crippen MR) is 112 cm³/mol. The van der Waals surface area contributed by atoms with E-state index in [0.29, 0.717) is 47.1 Å². The van der Waals surface area contributed by atoms with Crippen LogP contribution < -0.4 is 14.8 Å². The zero-order valence-electron chi connectivity index (χ0n) is 17.2. The van der Waals surface area contributed by atoms with E-state index in [2.05, 4.69) is 5.32 Å². The van der Waals surface area contributed by atoms with Crippen LogP contribution in [0.15, 0.2) is 18.2 Å². The molecule has 0 saturated carbocycles. The third kappa shape index (κ3) is 4.15. The second-order valence-corrected chi connectivity index (χ2v) is 7.93. The van der Waals surface area contributed by atoms with E-state index in [1.165, 1.54) is 11.3 Å². The van der Waals surface area contributed by atoms with E-state index in [9.17, 15) is 14.4 Å². The van der Waals surface area contributed by atoms with Crippen molar-refractivity contribution in [1.29, 1.82) is 0 Å². The monoisotopic (exact) mass is 446 g/mol. The topological polar surface area (TPSA) is 103 Å². The number of hydrogen-bond acceptors (Lipinski definition) is 8. The summed E-state index contributed by atoms with van der Waals surface area (Å²) >= 11 is 1.27. The molecule has 0 radical (unpaired) electrons. The summed E-state index contributed by atoms with van der Waals surface area (Å²) in [6.45, 7) is 4.83. The lowest BCUT2D eigenvalue weighted by Crippen LogP contribution is -2.36. The first-order chi connectivity index (χ1) is 15.0. The Morgan fingerprint density at radius 2 is 1.90 bits per heavy atom. The average Bonchev–Trinajstić information content (AvgIpc) is 3.36. The Labute approximate surface area is 182 Å². The second-order valence-electron chi connectivity index (χ2n) is 6.82. The Morgan fingerprint density at radius 3 is 2.68 bits per heavy atom. The van der Waals surface area contributed by atoms with E-state index in [4.69, 9.17) is 18.9 Å². The number of amides is 2. The largest absolute Gasteiger partial charge is 0.462 e. The van der Waals surface area contributed by atoms with Gasteiger partial charge >= 0.3 is 12.1 Å². The lowest BCUT2D eigenvalue weighted by Gasteiger charge is -2.26. The maximum atomic E-state index is 12.9. The SMILES string of the molecule is CCOC(=O)c1c(NC(=O)c2ccc3c(c2)OCO3)sc2c1CCN(C(=O)OCC)C2. The van der Waals surface area contributed by atoms with Gasteiger partial charge in [-0.15, -0.1) is 11.3 Å². The molecule has 10 heteroatoms. The summed E-state index contributed by atoms with van der Waals surface area (Å²) in [6.07, 6.45) is 0.0729. The molecule has 1 aromatic heterocycles. The van der Waals surface area contributed by atoms with Gasteiger partial charge in [0.15, 0.2) is 11.5 Å². The molecular formula is C21H22N2O7S. The molecule has 0 atom stereocenters. The van der Waals surface area contributed by atoms with E-state index in [1.807, 2.05) is 0 Å². The van der Waals surface area contributed by atoms with Crippen molar-refractivity contribution in [3.05, 3.63) is 39.8 Å². The number of ether oxygens (including phenoxy) is 4. The van der Waals surface area contributed by atoms with Crippen LogP contribution in [0.2, 0.25) is 0 Å². The molecule has 31 heavy (non-hydrogen) atoms. The number of benzene rings is 1. The maximum absolute atomic E-state index is 12.9. The fourth-order valence-corrected chi connectivity index (χ4v) is 4.74. The van der Waals surface area contributed by atoms with Crippen molar-refractivity contribution >= 4 is 34.3 Å². The fraction of sp³-hybridized carbons (Fsp3) is 0.381. The van der Waals surface area contributed by atoms with Crippen molar-refractivity contribution in [2.75, 3.05) is 31.9 Å². The van der Waals surface area contributed by atoms with Gasteiger partial charge in [0.1, 0.15) is 5.00 Å². The van der Waals surface area contributed by atoms with Crippen molar-refractivity contribution < 1.29 is 33.3 Å². The minimum absolute atomic E-state index is 0.113. The molecular weight excluding hydrogens is 424 g/mol. The van der Waals surface area contributed by atoms with Crippen LogP contribution in [0.5, 0.6) is 11.5 Å². The molecule has 0 aliphatic carbocycles. The van der Waals surface area contributed by atoms with Gasteiger partial charge in [-0.25, -0.2) is 9.59 Å². The number of thiophene rings is 1. The molecule has 1 N–H and O–H groups in total. The highest BCUT2D eigenvalue weighted by molar-refractivity contribution is 7.17. The molecule has 2 amide bonds. The Bertz CT molecular complexity index is 1030. The van der Waals surface area contributed by atoms with Gasteiger partial charge in [-0.05, 0) is 44.0 Å². The van der Waals surface area contributed by atoms with Gasteiger partial charge in [-0.2, -0.15) is 0 Å². The minimum Gasteiger partial charge on any atom is -0.462 e. The summed E-state index contributed by atoms with van der Waals surface area (Å²) in [4.78, 5) is 40.1. The first kappa shape index (κ1) is 21.0. The Morgan fingerprint density at radius 1 is 1.13 bits per heavy atom. The highest BCUT2D eigenvalue weighted by Gasteiger charge is 2.31. The number of carbonyl (C=O) groups is 3. The molecule has 0 spiro atoms. The van der Waals surface area contributed by atoms with Crippen LogP contribution in [0.4, 0.5) is 9.80 Å². The van der Waals surface area contributed by atoms with E-state index < -0.39 is 12.1 Å². The molecule has 164 valence electrons. The third-order valence-electron chi connectivity index (χ3n) is 4.92. The summed E-state index contributed by atoms with van der Waals surface area (Å²) in [6, 6.07) is 4.89. The lowest BCUT2D eigenvalue weighted by atomic mass is 10.0. The molecule has 1 aromatic carbocycles. The lowest BCUT2D eigenvalue weighted by molar-refractivity contribution is 0.0526. The van der Waals surface area contributed by atoms with Crippen molar-refractivity contribution in [1.82, 2.24) is 4.90 Å².